The highest BCUT2D eigenvalue weighted by atomic mass is 32.2. The Balaban J connectivity index is 1.63. The number of rotatable bonds is 6. The molecule has 2 N–H and O–H groups in total. The molecule has 3 aromatic rings. The molecule has 0 aromatic heterocycles. The van der Waals surface area contributed by atoms with E-state index >= 15 is 0 Å². The van der Waals surface area contributed by atoms with Gasteiger partial charge in [0.15, 0.2) is 5.78 Å². The molecule has 0 amide bonds. The van der Waals surface area contributed by atoms with E-state index in [-0.39, 0.29) is 22.8 Å². The van der Waals surface area contributed by atoms with Gasteiger partial charge in [0.25, 0.3) is 15.7 Å². The van der Waals surface area contributed by atoms with Crippen molar-refractivity contribution in [2.75, 3.05) is 10.1 Å². The van der Waals surface area contributed by atoms with Gasteiger partial charge in [-0.2, -0.15) is 5.10 Å². The molecular weight excluding hydrogens is 420 g/mol. The Labute approximate surface area is 177 Å². The Kier molecular flexibility index (Phi) is 5.22. The molecule has 156 valence electrons. The first-order valence-electron chi connectivity index (χ1n) is 9.16. The predicted octanol–water partition coefficient (Wildman–Crippen LogP) is 3.80. The van der Waals surface area contributed by atoms with Crippen molar-refractivity contribution in [1.29, 1.82) is 0 Å². The summed E-state index contributed by atoms with van der Waals surface area (Å²) in [5.74, 6) is -0.0842. The maximum atomic E-state index is 12.6. The molecule has 1 aliphatic rings. The monoisotopic (exact) mass is 436 g/mol. The van der Waals surface area contributed by atoms with Gasteiger partial charge in [0.05, 0.1) is 22.0 Å². The Hall–Kier alpha value is -4.05. The molecule has 0 fully saturated rings. The van der Waals surface area contributed by atoms with E-state index < -0.39 is 20.6 Å². The van der Waals surface area contributed by atoms with Crippen molar-refractivity contribution in [3.8, 4) is 0 Å². The molecule has 0 saturated carbocycles. The van der Waals surface area contributed by atoms with Gasteiger partial charge in [-0.15, -0.1) is 0 Å². The van der Waals surface area contributed by atoms with Crippen LogP contribution in [-0.4, -0.2) is 24.8 Å². The summed E-state index contributed by atoms with van der Waals surface area (Å²) in [6.45, 7) is 0. The zero-order chi connectivity index (χ0) is 22.0. The van der Waals surface area contributed by atoms with E-state index in [9.17, 15) is 23.3 Å². The fourth-order valence-electron chi connectivity index (χ4n) is 3.19. The smallest absolute Gasteiger partial charge is 0.294 e. The van der Waals surface area contributed by atoms with Crippen molar-refractivity contribution < 1.29 is 18.1 Å². The number of nitro groups is 1. The predicted molar refractivity (Wildman–Crippen MR) is 116 cm³/mol. The van der Waals surface area contributed by atoms with Crippen molar-refractivity contribution >= 4 is 38.6 Å². The van der Waals surface area contributed by atoms with Crippen LogP contribution in [0.5, 0.6) is 0 Å². The van der Waals surface area contributed by atoms with Gasteiger partial charge in [0, 0.05) is 22.9 Å². The molecular formula is C21H16N4O5S. The highest BCUT2D eigenvalue weighted by Gasteiger charge is 2.26. The number of hydrogen-bond donors (Lipinski definition) is 2. The molecule has 0 radical (unpaired) electrons. The van der Waals surface area contributed by atoms with Crippen molar-refractivity contribution in [1.82, 2.24) is 0 Å². The first-order chi connectivity index (χ1) is 14.8. The normalized spacial score (nSPS) is 14.3. The number of nitrogens with one attached hydrogen (secondary N) is 2. The molecule has 10 heteroatoms. The molecule has 0 spiro atoms. The highest BCUT2D eigenvalue weighted by molar-refractivity contribution is 7.92. The number of para-hydroxylation sites is 1. The molecule has 31 heavy (non-hydrogen) atoms. The number of ketones is 1. The third-order valence-corrected chi connectivity index (χ3v) is 6.06. The van der Waals surface area contributed by atoms with Crippen LogP contribution >= 0.6 is 0 Å². The summed E-state index contributed by atoms with van der Waals surface area (Å²) >= 11 is 0. The number of sulfonamides is 1. The van der Waals surface area contributed by atoms with Crippen LogP contribution in [0.3, 0.4) is 0 Å². The first kappa shape index (κ1) is 20.2. The van der Waals surface area contributed by atoms with Gasteiger partial charge in [-0.25, -0.2) is 8.42 Å². The number of Topliss-reactive ketones (excluding diaryl/α,β-unsaturated/α-hetero) is 1. The van der Waals surface area contributed by atoms with Crippen LogP contribution in [-0.2, 0) is 10.0 Å². The van der Waals surface area contributed by atoms with Crippen molar-refractivity contribution in [2.45, 2.75) is 11.3 Å². The van der Waals surface area contributed by atoms with Gasteiger partial charge in [-0.1, -0.05) is 42.5 Å². The molecule has 1 aliphatic carbocycles. The minimum absolute atomic E-state index is 0.00740. The molecule has 0 unspecified atom stereocenters. The quantitative estimate of drug-likeness (QED) is 0.446. The summed E-state index contributed by atoms with van der Waals surface area (Å²) in [5, 5.41) is 15.7. The van der Waals surface area contributed by atoms with Gasteiger partial charge >= 0.3 is 0 Å². The number of anilines is 2. The second-order valence-electron chi connectivity index (χ2n) is 6.72. The Morgan fingerprint density at radius 1 is 0.935 bits per heavy atom. The summed E-state index contributed by atoms with van der Waals surface area (Å²) in [7, 11) is -4.03. The molecule has 0 heterocycles. The van der Waals surface area contributed by atoms with E-state index in [2.05, 4.69) is 15.2 Å². The maximum Gasteiger partial charge on any atom is 0.295 e. The highest BCUT2D eigenvalue weighted by Crippen LogP contribution is 2.29. The SMILES string of the molecule is O=C1C/C(=N/Nc2ccc(S(=O)(=O)Nc3ccccc3)cc2[N+](=O)[O-])c2ccccc21. The number of hydrogen-bond acceptors (Lipinski definition) is 7. The molecule has 4 rings (SSSR count). The average molecular weight is 436 g/mol. The van der Waals surface area contributed by atoms with Crippen LogP contribution in [0.15, 0.2) is 82.8 Å². The zero-order valence-corrected chi connectivity index (χ0v) is 16.8. The molecule has 3 aromatic carbocycles. The molecule has 9 nitrogen and oxygen atoms in total. The minimum Gasteiger partial charge on any atom is -0.294 e. The van der Waals surface area contributed by atoms with Gasteiger partial charge < -0.3 is 0 Å². The fraction of sp³-hybridized carbons (Fsp3) is 0.0476. The van der Waals surface area contributed by atoms with Gasteiger partial charge in [0.2, 0.25) is 0 Å². The maximum absolute atomic E-state index is 12.6. The van der Waals surface area contributed by atoms with Crippen molar-refractivity contribution in [3.63, 3.8) is 0 Å². The number of hydrazone groups is 1. The Morgan fingerprint density at radius 2 is 1.61 bits per heavy atom. The zero-order valence-electron chi connectivity index (χ0n) is 16.0. The topological polar surface area (TPSA) is 131 Å². The third-order valence-electron chi connectivity index (χ3n) is 4.68. The Bertz CT molecular complexity index is 1320. The van der Waals surface area contributed by atoms with Crippen LogP contribution in [0.1, 0.15) is 22.3 Å². The van der Waals surface area contributed by atoms with Crippen LogP contribution in [0.25, 0.3) is 0 Å². The summed E-state index contributed by atoms with van der Waals surface area (Å²) in [4.78, 5) is 22.7. The van der Waals surface area contributed by atoms with Gasteiger partial charge in [-0.3, -0.25) is 25.1 Å². The third kappa shape index (κ3) is 4.14. The van der Waals surface area contributed by atoms with E-state index in [0.717, 1.165) is 6.07 Å². The largest absolute Gasteiger partial charge is 0.295 e. The summed E-state index contributed by atoms with van der Waals surface area (Å²) in [6, 6.07) is 18.6. The summed E-state index contributed by atoms with van der Waals surface area (Å²) in [6.07, 6.45) is 0.0770. The summed E-state index contributed by atoms with van der Waals surface area (Å²) < 4.78 is 27.6. The lowest BCUT2D eigenvalue weighted by atomic mass is 10.1. The van der Waals surface area contributed by atoms with Gasteiger partial charge in [0.1, 0.15) is 5.69 Å². The summed E-state index contributed by atoms with van der Waals surface area (Å²) in [5.41, 5.74) is 4.15. The van der Waals surface area contributed by atoms with E-state index in [1.54, 1.807) is 54.6 Å². The lowest BCUT2D eigenvalue weighted by molar-refractivity contribution is -0.384. The van der Waals surface area contributed by atoms with Crippen molar-refractivity contribution in [2.24, 2.45) is 5.10 Å². The number of carbonyl (C=O) groups excluding carboxylic acids is 1. The minimum atomic E-state index is -4.03. The standard InChI is InChI=1S/C21H16N4O5S/c26-21-13-19(16-8-4-5-9-17(16)21)23-22-18-11-10-15(12-20(18)25(27)28)31(29,30)24-14-6-2-1-3-7-14/h1-12,22,24H,13H2/b23-19-. The molecule has 0 atom stereocenters. The van der Waals surface area contributed by atoms with Crippen molar-refractivity contribution in [3.05, 3.63) is 94.0 Å². The number of carbonyl (C=O) groups is 1. The van der Waals surface area contributed by atoms with E-state index in [1.165, 1.54) is 12.1 Å². The van der Waals surface area contributed by atoms with Crippen LogP contribution in [0, 0.1) is 10.1 Å². The Morgan fingerprint density at radius 3 is 2.32 bits per heavy atom. The van der Waals surface area contributed by atoms with Crippen LogP contribution in [0.4, 0.5) is 17.1 Å². The van der Waals surface area contributed by atoms with E-state index in [4.69, 9.17) is 0 Å². The second kappa shape index (κ2) is 8.00. The lowest BCUT2D eigenvalue weighted by Crippen LogP contribution is -2.13. The second-order valence-corrected chi connectivity index (χ2v) is 8.41. The first-order valence-corrected chi connectivity index (χ1v) is 10.6. The van der Waals surface area contributed by atoms with Gasteiger partial charge in [-0.05, 0) is 24.3 Å². The van der Waals surface area contributed by atoms with E-state index in [1.807, 2.05) is 0 Å². The van der Waals surface area contributed by atoms with Crippen LogP contribution < -0.4 is 10.1 Å². The number of benzene rings is 3. The number of nitrogens with zero attached hydrogens (tertiary/aromatic N) is 2. The fourth-order valence-corrected chi connectivity index (χ4v) is 4.27. The number of fused-ring (bicyclic) bond motifs is 1. The molecule has 0 bridgehead atoms. The van der Waals surface area contributed by atoms with E-state index in [0.29, 0.717) is 22.5 Å². The molecule has 0 saturated heterocycles. The number of nitro benzene ring substituents is 1. The lowest BCUT2D eigenvalue weighted by Gasteiger charge is -2.09. The average Bonchev–Trinajstić information content (AvgIpc) is 3.08. The molecule has 0 aliphatic heterocycles. The van der Waals surface area contributed by atoms with Crippen LogP contribution in [0.2, 0.25) is 0 Å².